The highest BCUT2D eigenvalue weighted by atomic mass is 16.8. The van der Waals surface area contributed by atoms with Gasteiger partial charge in [-0.25, -0.2) is 4.79 Å². The maximum Gasteiger partial charge on any atom is 0.508 e. The molecule has 0 aromatic rings. The van der Waals surface area contributed by atoms with Crippen molar-refractivity contribution < 1.29 is 19.4 Å². The molecule has 0 heterocycles. The molecule has 1 atom stereocenters. The average molecular weight is 218 g/mol. The van der Waals surface area contributed by atoms with Crippen LogP contribution in [0.25, 0.3) is 0 Å². The van der Waals surface area contributed by atoms with E-state index < -0.39 is 11.9 Å². The Balaban J connectivity index is 4.46. The zero-order chi connectivity index (χ0) is 12.1. The van der Waals surface area contributed by atoms with Crippen LogP contribution in [-0.2, 0) is 9.47 Å². The number of rotatable bonds is 5. The van der Waals surface area contributed by atoms with Crippen molar-refractivity contribution in [3.05, 3.63) is 0 Å². The predicted octanol–water partition coefficient (Wildman–Crippen LogP) is 3.26. The third-order valence-corrected chi connectivity index (χ3v) is 1.77. The molecule has 1 N–H and O–H groups in total. The monoisotopic (exact) mass is 218 g/mol. The van der Waals surface area contributed by atoms with Crippen molar-refractivity contribution in [3.63, 3.8) is 0 Å². The smallest absolute Gasteiger partial charge is 0.450 e. The molecule has 0 saturated carbocycles. The summed E-state index contributed by atoms with van der Waals surface area (Å²) in [6.45, 7) is 10.2. The zero-order valence-corrected chi connectivity index (χ0v) is 10.3. The van der Waals surface area contributed by atoms with Crippen LogP contribution >= 0.6 is 0 Å². The predicted molar refractivity (Wildman–Crippen MR) is 57.8 cm³/mol. The van der Waals surface area contributed by atoms with E-state index in [0.29, 0.717) is 13.0 Å². The van der Waals surface area contributed by atoms with Gasteiger partial charge >= 0.3 is 6.16 Å². The lowest BCUT2D eigenvalue weighted by molar-refractivity contribution is -0.213. The molecule has 0 spiro atoms. The van der Waals surface area contributed by atoms with E-state index in [2.05, 4.69) is 0 Å². The lowest BCUT2D eigenvalue weighted by atomic mass is 9.88. The minimum atomic E-state index is -1.29. The van der Waals surface area contributed by atoms with Crippen molar-refractivity contribution in [3.8, 4) is 0 Å². The van der Waals surface area contributed by atoms with E-state index in [-0.39, 0.29) is 5.41 Å². The molecule has 0 aliphatic rings. The summed E-state index contributed by atoms with van der Waals surface area (Å²) in [6, 6.07) is 0. The fourth-order valence-electron chi connectivity index (χ4n) is 1.58. The van der Waals surface area contributed by atoms with Crippen molar-refractivity contribution in [2.24, 2.45) is 5.41 Å². The molecular formula is C11H22O4. The molecular weight excluding hydrogens is 196 g/mol. The van der Waals surface area contributed by atoms with Gasteiger partial charge in [-0.2, -0.15) is 0 Å². The maximum absolute atomic E-state index is 10.6. The van der Waals surface area contributed by atoms with Gasteiger partial charge in [-0.05, 0) is 11.8 Å². The molecule has 0 saturated heterocycles. The summed E-state index contributed by atoms with van der Waals surface area (Å²) in [4.78, 5) is 10.6. The minimum Gasteiger partial charge on any atom is -0.450 e. The van der Waals surface area contributed by atoms with Crippen molar-refractivity contribution in [1.29, 1.82) is 0 Å². The SMILES string of the molecule is CCCOC(C)(CC(C)(C)C)OC(=O)O. The number of carboxylic acid groups (broad SMARTS) is 1. The normalized spacial score (nSPS) is 15.8. The summed E-state index contributed by atoms with van der Waals surface area (Å²) in [5, 5.41) is 8.64. The maximum atomic E-state index is 10.6. The molecule has 0 aliphatic heterocycles. The third kappa shape index (κ3) is 7.19. The van der Waals surface area contributed by atoms with Gasteiger partial charge in [0, 0.05) is 13.3 Å². The van der Waals surface area contributed by atoms with Crippen LogP contribution in [0.1, 0.15) is 47.5 Å². The van der Waals surface area contributed by atoms with E-state index in [9.17, 15) is 4.79 Å². The van der Waals surface area contributed by atoms with Crippen LogP contribution in [0.3, 0.4) is 0 Å². The molecule has 90 valence electrons. The van der Waals surface area contributed by atoms with Crippen LogP contribution in [-0.4, -0.2) is 23.7 Å². The van der Waals surface area contributed by atoms with Gasteiger partial charge in [0.1, 0.15) is 0 Å². The first-order valence-electron chi connectivity index (χ1n) is 5.24. The van der Waals surface area contributed by atoms with E-state index in [1.807, 2.05) is 27.7 Å². The highest BCUT2D eigenvalue weighted by molar-refractivity contribution is 5.57. The Morgan fingerprint density at radius 1 is 1.27 bits per heavy atom. The van der Waals surface area contributed by atoms with E-state index >= 15 is 0 Å². The lowest BCUT2D eigenvalue weighted by Crippen LogP contribution is -2.38. The van der Waals surface area contributed by atoms with Crippen LogP contribution in [0.5, 0.6) is 0 Å². The molecule has 0 bridgehead atoms. The summed E-state index contributed by atoms with van der Waals surface area (Å²) in [5.41, 5.74) is -0.0437. The van der Waals surface area contributed by atoms with Crippen molar-refractivity contribution in [2.45, 2.75) is 53.2 Å². The van der Waals surface area contributed by atoms with Gasteiger partial charge < -0.3 is 14.6 Å². The van der Waals surface area contributed by atoms with Gasteiger partial charge in [0.05, 0.1) is 6.61 Å². The van der Waals surface area contributed by atoms with Crippen molar-refractivity contribution >= 4 is 6.16 Å². The Kier molecular flexibility index (Phi) is 5.08. The molecule has 0 fully saturated rings. The number of hydrogen-bond donors (Lipinski definition) is 1. The largest absolute Gasteiger partial charge is 0.508 e. The molecule has 15 heavy (non-hydrogen) atoms. The van der Waals surface area contributed by atoms with Gasteiger partial charge in [-0.3, -0.25) is 0 Å². The van der Waals surface area contributed by atoms with Crippen LogP contribution in [0.15, 0.2) is 0 Å². The molecule has 0 aliphatic carbocycles. The second-order valence-electron chi connectivity index (χ2n) is 5.09. The van der Waals surface area contributed by atoms with Gasteiger partial charge in [0.15, 0.2) is 0 Å². The topological polar surface area (TPSA) is 55.8 Å². The highest BCUT2D eigenvalue weighted by Gasteiger charge is 2.34. The zero-order valence-electron chi connectivity index (χ0n) is 10.3. The van der Waals surface area contributed by atoms with Gasteiger partial charge in [0.2, 0.25) is 5.79 Å². The van der Waals surface area contributed by atoms with Crippen LogP contribution < -0.4 is 0 Å². The van der Waals surface area contributed by atoms with Gasteiger partial charge in [-0.1, -0.05) is 27.7 Å². The standard InChI is InChI=1S/C11H22O4/c1-6-7-14-11(5,15-9(12)13)8-10(2,3)4/h6-8H2,1-5H3,(H,12,13). The summed E-state index contributed by atoms with van der Waals surface area (Å²) in [7, 11) is 0. The quantitative estimate of drug-likeness (QED) is 0.568. The molecule has 4 heteroatoms. The molecule has 0 amide bonds. The highest BCUT2D eigenvalue weighted by Crippen LogP contribution is 2.31. The first-order valence-corrected chi connectivity index (χ1v) is 5.24. The lowest BCUT2D eigenvalue weighted by Gasteiger charge is -2.33. The van der Waals surface area contributed by atoms with E-state index in [1.165, 1.54) is 0 Å². The fraction of sp³-hybridized carbons (Fsp3) is 0.909. The Bertz CT molecular complexity index is 207. The van der Waals surface area contributed by atoms with Gasteiger partial charge in [0.25, 0.3) is 0 Å². The van der Waals surface area contributed by atoms with Crippen LogP contribution in [0.2, 0.25) is 0 Å². The van der Waals surface area contributed by atoms with Crippen LogP contribution in [0.4, 0.5) is 4.79 Å². The molecule has 0 aromatic carbocycles. The van der Waals surface area contributed by atoms with Crippen molar-refractivity contribution in [2.75, 3.05) is 6.61 Å². The Hall–Kier alpha value is -0.770. The van der Waals surface area contributed by atoms with E-state index in [0.717, 1.165) is 6.42 Å². The second kappa shape index (κ2) is 5.35. The van der Waals surface area contributed by atoms with Gasteiger partial charge in [-0.15, -0.1) is 0 Å². The average Bonchev–Trinajstić information content (AvgIpc) is 1.95. The fourth-order valence-corrected chi connectivity index (χ4v) is 1.58. The first-order chi connectivity index (χ1) is 6.68. The Morgan fingerprint density at radius 3 is 2.13 bits per heavy atom. The van der Waals surface area contributed by atoms with Crippen LogP contribution in [0, 0.1) is 5.41 Å². The molecule has 0 aromatic heterocycles. The van der Waals surface area contributed by atoms with E-state index in [1.54, 1.807) is 6.92 Å². The number of carbonyl (C=O) groups is 1. The summed E-state index contributed by atoms with van der Waals surface area (Å²) in [5.74, 6) is -1.04. The number of ether oxygens (including phenoxy) is 2. The Morgan fingerprint density at radius 2 is 1.80 bits per heavy atom. The van der Waals surface area contributed by atoms with Crippen molar-refractivity contribution in [1.82, 2.24) is 0 Å². The van der Waals surface area contributed by atoms with E-state index in [4.69, 9.17) is 14.6 Å². The molecule has 4 nitrogen and oxygen atoms in total. The number of hydrogen-bond acceptors (Lipinski definition) is 3. The summed E-state index contributed by atoms with van der Waals surface area (Å²) in [6.07, 6.45) is 0.0764. The molecule has 1 unspecified atom stereocenters. The minimum absolute atomic E-state index is 0.0437. The Labute approximate surface area is 91.6 Å². The first kappa shape index (κ1) is 14.2. The molecule has 0 radical (unpaired) electrons. The third-order valence-electron chi connectivity index (χ3n) is 1.77. The summed E-state index contributed by atoms with van der Waals surface area (Å²) >= 11 is 0. The molecule has 0 rings (SSSR count). The summed E-state index contributed by atoms with van der Waals surface area (Å²) < 4.78 is 10.3. The second-order valence-corrected chi connectivity index (χ2v) is 5.09.